The van der Waals surface area contributed by atoms with Crippen molar-refractivity contribution in [3.05, 3.63) is 47.2 Å². The van der Waals surface area contributed by atoms with Crippen molar-refractivity contribution in [3.63, 3.8) is 0 Å². The Morgan fingerprint density at radius 3 is 2.58 bits per heavy atom. The molecule has 7 heteroatoms. The molecule has 0 bridgehead atoms. The molecule has 0 saturated carbocycles. The van der Waals surface area contributed by atoms with Crippen LogP contribution < -0.4 is 5.32 Å². The smallest absolute Gasteiger partial charge is 0.311 e. The number of hydrogen-bond donors (Lipinski definition) is 2. The van der Waals surface area contributed by atoms with Crippen molar-refractivity contribution in [2.24, 2.45) is 5.41 Å². The predicted molar refractivity (Wildman–Crippen MR) is 91.6 cm³/mol. The zero-order valence-electron chi connectivity index (χ0n) is 13.6. The molecule has 0 spiro atoms. The molecular formula is C17H20ClN3O3. The number of amides is 1. The van der Waals surface area contributed by atoms with Crippen LogP contribution in [0.1, 0.15) is 37.2 Å². The van der Waals surface area contributed by atoms with Gasteiger partial charge < -0.3 is 10.4 Å². The Kier molecular flexibility index (Phi) is 5.62. The first kappa shape index (κ1) is 18.0. The molecule has 0 fully saturated rings. The number of nitrogens with zero attached hydrogens (tertiary/aromatic N) is 2. The Labute approximate surface area is 145 Å². The standard InChI is InChI=1S/C17H20ClN3O3/c1-3-17(4-2,16(23)24)11-19-15(22)14-8-9-21(20-14)13-7-5-6-12(18)10-13/h5-10H,3-4,11H2,1-2H3,(H,19,22)(H,23,24). The van der Waals surface area contributed by atoms with Gasteiger partial charge in [0.15, 0.2) is 5.69 Å². The van der Waals surface area contributed by atoms with Gasteiger partial charge in [-0.05, 0) is 37.1 Å². The fraction of sp³-hybridized carbons (Fsp3) is 0.353. The van der Waals surface area contributed by atoms with Crippen molar-refractivity contribution in [1.29, 1.82) is 0 Å². The third-order valence-corrected chi connectivity index (χ3v) is 4.52. The SMILES string of the molecule is CCC(CC)(CNC(=O)c1ccn(-c2cccc(Cl)c2)n1)C(=O)O. The molecule has 0 aliphatic rings. The fourth-order valence-electron chi connectivity index (χ4n) is 2.43. The summed E-state index contributed by atoms with van der Waals surface area (Å²) >= 11 is 5.95. The van der Waals surface area contributed by atoms with E-state index < -0.39 is 17.3 Å². The predicted octanol–water partition coefficient (Wildman–Crippen LogP) is 3.15. The van der Waals surface area contributed by atoms with Crippen molar-refractivity contribution < 1.29 is 14.7 Å². The van der Waals surface area contributed by atoms with E-state index in [9.17, 15) is 14.7 Å². The van der Waals surface area contributed by atoms with E-state index >= 15 is 0 Å². The minimum atomic E-state index is -0.953. The van der Waals surface area contributed by atoms with Crippen LogP contribution >= 0.6 is 11.6 Å². The monoisotopic (exact) mass is 349 g/mol. The number of aromatic nitrogens is 2. The molecule has 1 amide bonds. The Morgan fingerprint density at radius 2 is 2.00 bits per heavy atom. The van der Waals surface area contributed by atoms with Gasteiger partial charge in [-0.3, -0.25) is 9.59 Å². The molecule has 0 aliphatic carbocycles. The molecule has 2 aromatic rings. The molecule has 0 unspecified atom stereocenters. The summed E-state index contributed by atoms with van der Waals surface area (Å²) in [7, 11) is 0. The van der Waals surface area contributed by atoms with E-state index in [1.807, 2.05) is 6.07 Å². The lowest BCUT2D eigenvalue weighted by molar-refractivity contribution is -0.149. The van der Waals surface area contributed by atoms with Gasteiger partial charge in [-0.2, -0.15) is 5.10 Å². The van der Waals surface area contributed by atoms with Crippen molar-refractivity contribution in [3.8, 4) is 5.69 Å². The molecule has 6 nitrogen and oxygen atoms in total. The Bertz CT molecular complexity index is 738. The maximum absolute atomic E-state index is 12.3. The molecule has 0 radical (unpaired) electrons. The molecule has 0 saturated heterocycles. The highest BCUT2D eigenvalue weighted by Gasteiger charge is 2.35. The van der Waals surface area contributed by atoms with Crippen molar-refractivity contribution >= 4 is 23.5 Å². The van der Waals surface area contributed by atoms with Gasteiger partial charge in [-0.1, -0.05) is 31.5 Å². The highest BCUT2D eigenvalue weighted by atomic mass is 35.5. The van der Waals surface area contributed by atoms with Gasteiger partial charge in [-0.15, -0.1) is 0 Å². The van der Waals surface area contributed by atoms with Crippen LogP contribution in [0.25, 0.3) is 5.69 Å². The molecule has 0 atom stereocenters. The van der Waals surface area contributed by atoms with Crippen LogP contribution in [0.2, 0.25) is 5.02 Å². The minimum Gasteiger partial charge on any atom is -0.481 e. The summed E-state index contributed by atoms with van der Waals surface area (Å²) < 4.78 is 1.55. The van der Waals surface area contributed by atoms with E-state index in [0.717, 1.165) is 5.69 Å². The Morgan fingerprint density at radius 1 is 1.29 bits per heavy atom. The summed E-state index contributed by atoms with van der Waals surface area (Å²) in [6.45, 7) is 3.67. The van der Waals surface area contributed by atoms with Crippen molar-refractivity contribution in [2.45, 2.75) is 26.7 Å². The summed E-state index contributed by atoms with van der Waals surface area (Å²) in [6, 6.07) is 8.69. The molecule has 1 aromatic heterocycles. The van der Waals surface area contributed by atoms with Crippen LogP contribution in [0.5, 0.6) is 0 Å². The average Bonchev–Trinajstić information content (AvgIpc) is 3.06. The zero-order chi connectivity index (χ0) is 17.7. The third-order valence-electron chi connectivity index (χ3n) is 4.29. The maximum Gasteiger partial charge on any atom is 0.311 e. The zero-order valence-corrected chi connectivity index (χ0v) is 14.4. The number of aliphatic carboxylic acids is 1. The minimum absolute atomic E-state index is 0.0677. The molecule has 24 heavy (non-hydrogen) atoms. The normalized spacial score (nSPS) is 11.3. The Balaban J connectivity index is 2.10. The summed E-state index contributed by atoms with van der Waals surface area (Å²) in [5, 5.41) is 16.9. The number of carboxylic acids is 1. The first-order valence-corrected chi connectivity index (χ1v) is 8.13. The van der Waals surface area contributed by atoms with Gasteiger partial charge >= 0.3 is 5.97 Å². The molecule has 1 heterocycles. The van der Waals surface area contributed by atoms with Crippen molar-refractivity contribution in [2.75, 3.05) is 6.54 Å². The third kappa shape index (κ3) is 3.76. The second kappa shape index (κ2) is 7.49. The van der Waals surface area contributed by atoms with Crippen LogP contribution in [0.15, 0.2) is 36.5 Å². The van der Waals surface area contributed by atoms with E-state index in [1.165, 1.54) is 0 Å². The van der Waals surface area contributed by atoms with E-state index in [1.54, 1.807) is 49.0 Å². The van der Waals surface area contributed by atoms with Crippen LogP contribution in [0.3, 0.4) is 0 Å². The summed E-state index contributed by atoms with van der Waals surface area (Å²) in [5.74, 6) is -1.31. The topological polar surface area (TPSA) is 84.2 Å². The fourth-order valence-corrected chi connectivity index (χ4v) is 2.61. The van der Waals surface area contributed by atoms with Gasteiger partial charge in [0.1, 0.15) is 0 Å². The van der Waals surface area contributed by atoms with Crippen LogP contribution in [-0.4, -0.2) is 33.3 Å². The van der Waals surface area contributed by atoms with Crippen LogP contribution in [-0.2, 0) is 4.79 Å². The number of halogens is 1. The Hall–Kier alpha value is -2.34. The van der Waals surface area contributed by atoms with Crippen LogP contribution in [0, 0.1) is 5.41 Å². The van der Waals surface area contributed by atoms with E-state index in [0.29, 0.717) is 17.9 Å². The van der Waals surface area contributed by atoms with Gasteiger partial charge in [0.2, 0.25) is 0 Å². The molecule has 1 aromatic carbocycles. The number of benzene rings is 1. The van der Waals surface area contributed by atoms with Gasteiger partial charge in [0, 0.05) is 17.8 Å². The first-order valence-electron chi connectivity index (χ1n) is 7.75. The summed E-state index contributed by atoms with van der Waals surface area (Å²) in [5.41, 5.74) is 0.00979. The van der Waals surface area contributed by atoms with E-state index in [-0.39, 0.29) is 12.2 Å². The van der Waals surface area contributed by atoms with Gasteiger partial charge in [0.05, 0.1) is 11.1 Å². The molecule has 128 valence electrons. The van der Waals surface area contributed by atoms with E-state index in [4.69, 9.17) is 11.6 Å². The number of carbonyl (C=O) groups excluding carboxylic acids is 1. The lowest BCUT2D eigenvalue weighted by atomic mass is 9.82. The first-order chi connectivity index (χ1) is 11.4. The second-order valence-corrected chi connectivity index (χ2v) is 6.04. The van der Waals surface area contributed by atoms with Gasteiger partial charge in [-0.25, -0.2) is 4.68 Å². The number of nitrogens with one attached hydrogen (secondary N) is 1. The number of rotatable bonds is 7. The molecule has 0 aliphatic heterocycles. The van der Waals surface area contributed by atoms with Crippen molar-refractivity contribution in [1.82, 2.24) is 15.1 Å². The second-order valence-electron chi connectivity index (χ2n) is 5.60. The number of carboxylic acid groups (broad SMARTS) is 1. The molecular weight excluding hydrogens is 330 g/mol. The van der Waals surface area contributed by atoms with E-state index in [2.05, 4.69) is 10.4 Å². The number of hydrogen-bond acceptors (Lipinski definition) is 3. The lowest BCUT2D eigenvalue weighted by Gasteiger charge is -2.26. The highest BCUT2D eigenvalue weighted by molar-refractivity contribution is 6.30. The highest BCUT2D eigenvalue weighted by Crippen LogP contribution is 2.25. The lowest BCUT2D eigenvalue weighted by Crippen LogP contribution is -2.42. The number of carbonyl (C=O) groups is 2. The maximum atomic E-state index is 12.3. The largest absolute Gasteiger partial charge is 0.481 e. The summed E-state index contributed by atoms with van der Waals surface area (Å²) in [4.78, 5) is 23.7. The van der Waals surface area contributed by atoms with Crippen LogP contribution in [0.4, 0.5) is 0 Å². The quantitative estimate of drug-likeness (QED) is 0.804. The van der Waals surface area contributed by atoms with Gasteiger partial charge in [0.25, 0.3) is 5.91 Å². The average molecular weight is 350 g/mol. The molecule has 2 N–H and O–H groups in total. The molecule has 2 rings (SSSR count). The summed E-state index contributed by atoms with van der Waals surface area (Å²) in [6.07, 6.45) is 2.54.